The van der Waals surface area contributed by atoms with E-state index in [9.17, 15) is 0 Å². The first-order valence-electron chi connectivity index (χ1n) is 6.64. The first kappa shape index (κ1) is 16.7. The Morgan fingerprint density at radius 3 is 1.19 bits per heavy atom. The SMILES string of the molecule is CC[CH2][Sn]([N](C)CC)([N](C)CC)[N](C)CC. The molecule has 0 spiro atoms. The molecule has 0 aromatic carbocycles. The van der Waals surface area contributed by atoms with Crippen LogP contribution in [0.2, 0.25) is 4.44 Å². The van der Waals surface area contributed by atoms with E-state index in [1.807, 2.05) is 0 Å². The van der Waals surface area contributed by atoms with Gasteiger partial charge in [-0.1, -0.05) is 0 Å². The number of hydrogen-bond donors (Lipinski definition) is 0. The molecular formula is C12H31N3Sn. The van der Waals surface area contributed by atoms with Crippen molar-refractivity contribution in [1.82, 2.24) is 9.36 Å². The van der Waals surface area contributed by atoms with Crippen LogP contribution in [0.1, 0.15) is 34.1 Å². The number of nitrogens with zero attached hydrogens (tertiary/aromatic N) is 3. The van der Waals surface area contributed by atoms with Crippen LogP contribution in [0.3, 0.4) is 0 Å². The van der Waals surface area contributed by atoms with Gasteiger partial charge in [-0.15, -0.1) is 0 Å². The van der Waals surface area contributed by atoms with Gasteiger partial charge in [0.05, 0.1) is 0 Å². The Hall–Kier alpha value is 0.679. The van der Waals surface area contributed by atoms with Crippen LogP contribution in [-0.2, 0) is 0 Å². The third-order valence-electron chi connectivity index (χ3n) is 3.84. The minimum atomic E-state index is -2.47. The average Bonchev–Trinajstić information content (AvgIpc) is 2.32. The third kappa shape index (κ3) is 3.34. The van der Waals surface area contributed by atoms with E-state index in [1.165, 1.54) is 30.5 Å². The normalized spacial score (nSPS) is 13.1. The van der Waals surface area contributed by atoms with E-state index in [1.54, 1.807) is 0 Å². The maximum absolute atomic E-state index is 2.67. The third-order valence-corrected chi connectivity index (χ3v) is 20.4. The first-order chi connectivity index (χ1) is 7.50. The molecule has 0 aliphatic rings. The van der Waals surface area contributed by atoms with Crippen molar-refractivity contribution >= 4 is 19.2 Å². The van der Waals surface area contributed by atoms with Gasteiger partial charge in [-0.05, 0) is 0 Å². The van der Waals surface area contributed by atoms with Crippen molar-refractivity contribution < 1.29 is 0 Å². The van der Waals surface area contributed by atoms with Crippen molar-refractivity contribution in [2.75, 3.05) is 40.8 Å². The standard InChI is InChI=1S/3C3H8N.C3H7.Sn/c3*1-3-4-2;1-3-2;/h3*3H2,1-2H3;1,3H2,2H3;/q3*-1;;+3. The molecule has 0 heterocycles. The molecule has 0 saturated carbocycles. The molecule has 0 aliphatic carbocycles. The molecule has 3 nitrogen and oxygen atoms in total. The quantitative estimate of drug-likeness (QED) is 0.629. The maximum atomic E-state index is 2.67. The Bertz CT molecular complexity index is 161. The van der Waals surface area contributed by atoms with Gasteiger partial charge in [0, 0.05) is 0 Å². The first-order valence-corrected chi connectivity index (χ1v) is 12.5. The van der Waals surface area contributed by atoms with Crippen LogP contribution in [-0.4, -0.2) is 69.3 Å². The molecule has 0 N–H and O–H groups in total. The summed E-state index contributed by atoms with van der Waals surface area (Å²) in [6.45, 7) is 12.7. The second kappa shape index (κ2) is 7.90. The van der Waals surface area contributed by atoms with E-state index < -0.39 is 19.2 Å². The topological polar surface area (TPSA) is 9.72 Å². The summed E-state index contributed by atoms with van der Waals surface area (Å²) in [6, 6.07) is 0. The Labute approximate surface area is 108 Å². The summed E-state index contributed by atoms with van der Waals surface area (Å²) in [4.78, 5) is 0. The van der Waals surface area contributed by atoms with Gasteiger partial charge >= 0.3 is 108 Å². The van der Waals surface area contributed by atoms with Gasteiger partial charge in [-0.3, -0.25) is 0 Å². The second-order valence-corrected chi connectivity index (χ2v) is 17.0. The molecule has 0 saturated heterocycles. The van der Waals surface area contributed by atoms with Crippen LogP contribution in [0.15, 0.2) is 0 Å². The van der Waals surface area contributed by atoms with Gasteiger partial charge in [0.2, 0.25) is 0 Å². The van der Waals surface area contributed by atoms with Gasteiger partial charge in [0.15, 0.2) is 0 Å². The Morgan fingerprint density at radius 1 is 0.688 bits per heavy atom. The summed E-state index contributed by atoms with van der Waals surface area (Å²) in [6.07, 6.45) is 1.30. The summed E-state index contributed by atoms with van der Waals surface area (Å²) < 4.78 is 9.41. The van der Waals surface area contributed by atoms with Crippen molar-refractivity contribution in [3.63, 3.8) is 0 Å². The van der Waals surface area contributed by atoms with E-state index in [0.717, 1.165) is 0 Å². The van der Waals surface area contributed by atoms with Gasteiger partial charge in [0.25, 0.3) is 0 Å². The Balaban J connectivity index is 5.19. The molecule has 0 radical (unpaired) electrons. The van der Waals surface area contributed by atoms with E-state index in [4.69, 9.17) is 0 Å². The average molecular weight is 336 g/mol. The molecule has 0 bridgehead atoms. The molecule has 0 amide bonds. The fraction of sp³-hybridized carbons (Fsp3) is 1.00. The summed E-state index contributed by atoms with van der Waals surface area (Å²) in [5.41, 5.74) is 0. The zero-order valence-corrected chi connectivity index (χ0v) is 15.2. The number of hydrogen-bond acceptors (Lipinski definition) is 3. The van der Waals surface area contributed by atoms with Crippen LogP contribution in [0.4, 0.5) is 0 Å². The van der Waals surface area contributed by atoms with Crippen LogP contribution >= 0.6 is 0 Å². The van der Waals surface area contributed by atoms with Crippen LogP contribution in [0.5, 0.6) is 0 Å². The predicted molar refractivity (Wildman–Crippen MR) is 75.8 cm³/mol. The van der Waals surface area contributed by atoms with Gasteiger partial charge in [-0.25, -0.2) is 0 Å². The molecule has 0 aromatic heterocycles. The molecule has 0 atom stereocenters. The molecule has 4 heteroatoms. The molecule has 0 rings (SSSR count). The fourth-order valence-corrected chi connectivity index (χ4v) is 17.1. The van der Waals surface area contributed by atoms with E-state index in [0.29, 0.717) is 0 Å². The zero-order chi connectivity index (χ0) is 12.8. The van der Waals surface area contributed by atoms with Gasteiger partial charge < -0.3 is 0 Å². The van der Waals surface area contributed by atoms with E-state index in [2.05, 4.69) is 58.2 Å². The van der Waals surface area contributed by atoms with Crippen molar-refractivity contribution in [2.24, 2.45) is 0 Å². The van der Waals surface area contributed by atoms with Crippen molar-refractivity contribution in [1.29, 1.82) is 0 Å². The van der Waals surface area contributed by atoms with E-state index >= 15 is 0 Å². The van der Waals surface area contributed by atoms with Crippen LogP contribution < -0.4 is 0 Å². The summed E-state index contributed by atoms with van der Waals surface area (Å²) >= 11 is -2.47. The predicted octanol–water partition coefficient (Wildman–Crippen LogP) is 2.19. The van der Waals surface area contributed by atoms with E-state index in [-0.39, 0.29) is 0 Å². The van der Waals surface area contributed by atoms with Crippen molar-refractivity contribution in [3.05, 3.63) is 0 Å². The summed E-state index contributed by atoms with van der Waals surface area (Å²) in [5, 5.41) is 0. The molecular weight excluding hydrogens is 305 g/mol. The zero-order valence-electron chi connectivity index (χ0n) is 12.4. The van der Waals surface area contributed by atoms with Crippen molar-refractivity contribution in [2.45, 2.75) is 38.6 Å². The summed E-state index contributed by atoms with van der Waals surface area (Å²) in [7, 11) is 6.97. The fourth-order valence-electron chi connectivity index (χ4n) is 2.54. The molecule has 16 heavy (non-hydrogen) atoms. The summed E-state index contributed by atoms with van der Waals surface area (Å²) in [5.74, 6) is 0. The van der Waals surface area contributed by atoms with Crippen LogP contribution in [0, 0.1) is 0 Å². The van der Waals surface area contributed by atoms with Gasteiger partial charge in [0.1, 0.15) is 0 Å². The molecule has 0 unspecified atom stereocenters. The Morgan fingerprint density at radius 2 is 1.00 bits per heavy atom. The molecule has 98 valence electrons. The van der Waals surface area contributed by atoms with Crippen molar-refractivity contribution in [3.8, 4) is 0 Å². The molecule has 0 fully saturated rings. The molecule has 0 aromatic rings. The Kier molecular flexibility index (Phi) is 8.24. The van der Waals surface area contributed by atoms with Crippen LogP contribution in [0.25, 0.3) is 0 Å². The van der Waals surface area contributed by atoms with Gasteiger partial charge in [-0.2, -0.15) is 0 Å². The minimum absolute atomic E-state index is 1.17. The second-order valence-electron chi connectivity index (χ2n) is 4.57. The monoisotopic (exact) mass is 337 g/mol. The number of rotatable bonds is 8. The molecule has 0 aliphatic heterocycles.